The molecule has 1 aromatic rings. The highest BCUT2D eigenvalue weighted by atomic mass is 79.9. The summed E-state index contributed by atoms with van der Waals surface area (Å²) in [6.45, 7) is 2.32. The SMILES string of the molecule is CN1CCOC(CNC2CC2)C1c1cc(Br)ccc1F. The summed E-state index contributed by atoms with van der Waals surface area (Å²) in [4.78, 5) is 2.19. The zero-order chi connectivity index (χ0) is 14.1. The molecule has 0 aromatic heterocycles. The predicted molar refractivity (Wildman–Crippen MR) is 80.2 cm³/mol. The van der Waals surface area contributed by atoms with Crippen LogP contribution in [0.25, 0.3) is 0 Å². The van der Waals surface area contributed by atoms with Crippen molar-refractivity contribution in [1.82, 2.24) is 10.2 Å². The van der Waals surface area contributed by atoms with Crippen LogP contribution in [0.1, 0.15) is 24.4 Å². The minimum absolute atomic E-state index is 0.00171. The summed E-state index contributed by atoms with van der Waals surface area (Å²) in [7, 11) is 2.04. The normalized spacial score (nSPS) is 27.8. The lowest BCUT2D eigenvalue weighted by atomic mass is 9.97. The van der Waals surface area contributed by atoms with E-state index in [0.717, 1.165) is 17.6 Å². The molecule has 2 unspecified atom stereocenters. The molecule has 0 spiro atoms. The van der Waals surface area contributed by atoms with Crippen molar-refractivity contribution in [2.24, 2.45) is 0 Å². The average molecular weight is 343 g/mol. The molecule has 2 atom stereocenters. The van der Waals surface area contributed by atoms with Gasteiger partial charge >= 0.3 is 0 Å². The zero-order valence-corrected chi connectivity index (χ0v) is 13.2. The van der Waals surface area contributed by atoms with Gasteiger partial charge in [-0.25, -0.2) is 4.39 Å². The third kappa shape index (κ3) is 3.22. The highest BCUT2D eigenvalue weighted by molar-refractivity contribution is 9.10. The molecule has 5 heteroatoms. The highest BCUT2D eigenvalue weighted by Crippen LogP contribution is 2.32. The molecule has 1 saturated carbocycles. The first-order valence-electron chi connectivity index (χ1n) is 7.15. The molecular weight excluding hydrogens is 323 g/mol. The van der Waals surface area contributed by atoms with Gasteiger partial charge in [-0.3, -0.25) is 4.90 Å². The van der Waals surface area contributed by atoms with E-state index in [1.165, 1.54) is 18.9 Å². The third-order valence-electron chi connectivity index (χ3n) is 4.06. The van der Waals surface area contributed by atoms with E-state index in [2.05, 4.69) is 26.1 Å². The second-order valence-corrected chi connectivity index (χ2v) is 6.60. The molecular formula is C15H20BrFN2O. The van der Waals surface area contributed by atoms with Gasteiger partial charge in [-0.15, -0.1) is 0 Å². The van der Waals surface area contributed by atoms with E-state index in [1.807, 2.05) is 13.1 Å². The van der Waals surface area contributed by atoms with Crippen LogP contribution in [0, 0.1) is 5.82 Å². The number of hydrogen-bond acceptors (Lipinski definition) is 3. The van der Waals surface area contributed by atoms with Crippen molar-refractivity contribution in [2.75, 3.05) is 26.7 Å². The largest absolute Gasteiger partial charge is 0.374 e. The summed E-state index contributed by atoms with van der Waals surface area (Å²) in [6.07, 6.45) is 2.50. The average Bonchev–Trinajstić information content (AvgIpc) is 3.24. The Labute approximate surface area is 127 Å². The van der Waals surface area contributed by atoms with Gasteiger partial charge in [0.1, 0.15) is 5.82 Å². The molecule has 3 nitrogen and oxygen atoms in total. The van der Waals surface area contributed by atoms with Gasteiger partial charge in [0.05, 0.1) is 18.8 Å². The second kappa shape index (κ2) is 6.10. The molecule has 1 heterocycles. The summed E-state index contributed by atoms with van der Waals surface area (Å²) < 4.78 is 21.0. The fourth-order valence-electron chi connectivity index (χ4n) is 2.78. The van der Waals surface area contributed by atoms with Gasteiger partial charge in [0.2, 0.25) is 0 Å². The number of nitrogens with one attached hydrogen (secondary N) is 1. The number of ether oxygens (including phenoxy) is 1. The Balaban J connectivity index is 1.82. The van der Waals surface area contributed by atoms with Crippen LogP contribution in [-0.2, 0) is 4.74 Å². The molecule has 1 aliphatic carbocycles. The maximum atomic E-state index is 14.2. The molecule has 2 fully saturated rings. The van der Waals surface area contributed by atoms with E-state index < -0.39 is 0 Å². The topological polar surface area (TPSA) is 24.5 Å². The van der Waals surface area contributed by atoms with Crippen molar-refractivity contribution in [3.8, 4) is 0 Å². The number of hydrogen-bond donors (Lipinski definition) is 1. The minimum atomic E-state index is -0.160. The van der Waals surface area contributed by atoms with Crippen molar-refractivity contribution in [2.45, 2.75) is 31.0 Å². The number of benzene rings is 1. The van der Waals surface area contributed by atoms with Gasteiger partial charge in [-0.05, 0) is 38.1 Å². The lowest BCUT2D eigenvalue weighted by Gasteiger charge is -2.39. The first-order chi connectivity index (χ1) is 9.65. The Kier molecular flexibility index (Phi) is 4.40. The number of halogens is 2. The van der Waals surface area contributed by atoms with Crippen LogP contribution in [0.2, 0.25) is 0 Å². The second-order valence-electron chi connectivity index (χ2n) is 5.68. The smallest absolute Gasteiger partial charge is 0.128 e. The van der Waals surface area contributed by atoms with Gasteiger partial charge in [0.15, 0.2) is 0 Å². The van der Waals surface area contributed by atoms with E-state index >= 15 is 0 Å². The van der Waals surface area contributed by atoms with Crippen LogP contribution in [-0.4, -0.2) is 43.8 Å². The molecule has 110 valence electrons. The van der Waals surface area contributed by atoms with Crippen molar-refractivity contribution in [3.63, 3.8) is 0 Å². The quantitative estimate of drug-likeness (QED) is 0.910. The van der Waals surface area contributed by atoms with Crippen LogP contribution in [0.4, 0.5) is 4.39 Å². The zero-order valence-electron chi connectivity index (χ0n) is 11.6. The maximum absolute atomic E-state index is 14.2. The van der Waals surface area contributed by atoms with Crippen LogP contribution >= 0.6 is 15.9 Å². The number of nitrogens with zero attached hydrogens (tertiary/aromatic N) is 1. The lowest BCUT2D eigenvalue weighted by Crippen LogP contribution is -2.48. The molecule has 1 saturated heterocycles. The fraction of sp³-hybridized carbons (Fsp3) is 0.600. The standard InChI is InChI=1S/C15H20BrFN2O/c1-19-6-7-20-14(9-18-11-3-4-11)15(19)12-8-10(16)2-5-13(12)17/h2,5,8,11,14-15,18H,3-4,6-7,9H2,1H3. The maximum Gasteiger partial charge on any atom is 0.128 e. The van der Waals surface area contributed by atoms with E-state index in [4.69, 9.17) is 4.74 Å². The Morgan fingerprint density at radius 2 is 2.25 bits per heavy atom. The van der Waals surface area contributed by atoms with Gasteiger partial charge in [0.25, 0.3) is 0 Å². The van der Waals surface area contributed by atoms with E-state index in [9.17, 15) is 4.39 Å². The van der Waals surface area contributed by atoms with E-state index in [1.54, 1.807) is 6.07 Å². The van der Waals surface area contributed by atoms with Crippen molar-refractivity contribution >= 4 is 15.9 Å². The Morgan fingerprint density at radius 3 is 3.00 bits per heavy atom. The molecule has 1 aliphatic heterocycles. The van der Waals surface area contributed by atoms with Crippen LogP contribution < -0.4 is 5.32 Å². The molecule has 1 N–H and O–H groups in total. The van der Waals surface area contributed by atoms with Crippen molar-refractivity contribution in [1.29, 1.82) is 0 Å². The Hall–Kier alpha value is -0.490. The van der Waals surface area contributed by atoms with E-state index in [0.29, 0.717) is 18.2 Å². The molecule has 0 bridgehead atoms. The number of rotatable bonds is 4. The van der Waals surface area contributed by atoms with Crippen LogP contribution in [0.3, 0.4) is 0 Å². The Bertz CT molecular complexity index is 481. The van der Waals surface area contributed by atoms with Crippen LogP contribution in [0.15, 0.2) is 22.7 Å². The predicted octanol–water partition coefficient (Wildman–Crippen LogP) is 2.71. The molecule has 20 heavy (non-hydrogen) atoms. The fourth-order valence-corrected chi connectivity index (χ4v) is 3.16. The third-order valence-corrected chi connectivity index (χ3v) is 4.56. The molecule has 0 amide bonds. The summed E-state index contributed by atoms with van der Waals surface area (Å²) in [6, 6.07) is 5.73. The molecule has 0 radical (unpaired) electrons. The summed E-state index contributed by atoms with van der Waals surface area (Å²) in [5.41, 5.74) is 0.712. The molecule has 3 rings (SSSR count). The minimum Gasteiger partial charge on any atom is -0.374 e. The van der Waals surface area contributed by atoms with Gasteiger partial charge in [-0.1, -0.05) is 15.9 Å². The molecule has 1 aromatic carbocycles. The lowest BCUT2D eigenvalue weighted by molar-refractivity contribution is -0.0625. The van der Waals surface area contributed by atoms with Gasteiger partial charge in [0, 0.05) is 29.2 Å². The number of likely N-dealkylation sites (N-methyl/N-ethyl adjacent to an activating group) is 1. The summed E-state index contributed by atoms with van der Waals surface area (Å²) >= 11 is 3.43. The summed E-state index contributed by atoms with van der Waals surface area (Å²) in [5.74, 6) is -0.160. The van der Waals surface area contributed by atoms with Crippen molar-refractivity contribution < 1.29 is 9.13 Å². The first kappa shape index (κ1) is 14.4. The number of morpholine rings is 1. The highest BCUT2D eigenvalue weighted by Gasteiger charge is 2.34. The van der Waals surface area contributed by atoms with E-state index in [-0.39, 0.29) is 18.0 Å². The van der Waals surface area contributed by atoms with Crippen molar-refractivity contribution in [3.05, 3.63) is 34.1 Å². The van der Waals surface area contributed by atoms with Gasteiger partial charge in [-0.2, -0.15) is 0 Å². The first-order valence-corrected chi connectivity index (χ1v) is 7.94. The Morgan fingerprint density at radius 1 is 1.45 bits per heavy atom. The molecule has 2 aliphatic rings. The summed E-state index contributed by atoms with van der Waals surface area (Å²) in [5, 5.41) is 3.49. The van der Waals surface area contributed by atoms with Gasteiger partial charge < -0.3 is 10.1 Å². The van der Waals surface area contributed by atoms with Crippen LogP contribution in [0.5, 0.6) is 0 Å². The monoisotopic (exact) mass is 342 g/mol.